The van der Waals surface area contributed by atoms with Crippen molar-refractivity contribution in [3.05, 3.63) is 35.2 Å². The first-order chi connectivity index (χ1) is 7.22. The van der Waals surface area contributed by atoms with Gasteiger partial charge in [0.15, 0.2) is 12.1 Å². The highest BCUT2D eigenvalue weighted by atomic mass is 16.5. The fourth-order valence-electron chi connectivity index (χ4n) is 1.59. The van der Waals surface area contributed by atoms with Crippen LogP contribution in [-0.4, -0.2) is 21.0 Å². The lowest BCUT2D eigenvalue weighted by molar-refractivity contribution is 0.112. The Labute approximate surface area is 86.7 Å². The van der Waals surface area contributed by atoms with E-state index in [4.69, 9.17) is 0 Å². The highest BCUT2D eigenvalue weighted by molar-refractivity contribution is 5.77. The number of nitrogens with zero attached hydrogens (tertiary/aromatic N) is 3. The summed E-state index contributed by atoms with van der Waals surface area (Å²) in [5.74, 6) is 0.606. The van der Waals surface area contributed by atoms with Gasteiger partial charge in [0, 0.05) is 17.0 Å². The van der Waals surface area contributed by atoms with Gasteiger partial charge in [-0.15, -0.1) is 0 Å². The summed E-state index contributed by atoms with van der Waals surface area (Å²) in [6.45, 7) is 4.37. The van der Waals surface area contributed by atoms with Crippen LogP contribution in [0, 0.1) is 13.8 Å². The van der Waals surface area contributed by atoms with E-state index in [9.17, 15) is 4.79 Å². The molecule has 0 bridgehead atoms. The highest BCUT2D eigenvalue weighted by Gasteiger charge is 2.10. The normalized spacial score (nSPS) is 10.5. The highest BCUT2D eigenvalue weighted by Crippen LogP contribution is 2.14. The maximum atomic E-state index is 10.7. The molecular weight excluding hydrogens is 194 g/mol. The summed E-state index contributed by atoms with van der Waals surface area (Å²) >= 11 is 0. The molecular formula is C10H11N3O2. The van der Waals surface area contributed by atoms with E-state index >= 15 is 0 Å². The van der Waals surface area contributed by atoms with Crippen molar-refractivity contribution in [1.82, 2.24) is 14.7 Å². The van der Waals surface area contributed by atoms with Crippen LogP contribution in [-0.2, 0) is 6.54 Å². The minimum atomic E-state index is 0.530. The van der Waals surface area contributed by atoms with E-state index in [1.165, 1.54) is 6.39 Å². The van der Waals surface area contributed by atoms with Crippen molar-refractivity contribution >= 4 is 6.29 Å². The van der Waals surface area contributed by atoms with Gasteiger partial charge in [-0.1, -0.05) is 5.16 Å². The zero-order chi connectivity index (χ0) is 10.8. The van der Waals surface area contributed by atoms with Gasteiger partial charge < -0.3 is 9.09 Å². The molecule has 0 aliphatic heterocycles. The first-order valence-electron chi connectivity index (χ1n) is 4.59. The SMILES string of the molecule is Cc1cc(C=O)c(C)n1Cc1ncon1. The summed E-state index contributed by atoms with van der Waals surface area (Å²) in [6.07, 6.45) is 2.15. The molecule has 2 heterocycles. The molecule has 5 heteroatoms. The van der Waals surface area contributed by atoms with Crippen LogP contribution < -0.4 is 0 Å². The summed E-state index contributed by atoms with van der Waals surface area (Å²) < 4.78 is 6.64. The van der Waals surface area contributed by atoms with Gasteiger partial charge in [-0.3, -0.25) is 4.79 Å². The molecule has 2 rings (SSSR count). The van der Waals surface area contributed by atoms with Crippen molar-refractivity contribution < 1.29 is 9.32 Å². The average Bonchev–Trinajstić information content (AvgIpc) is 2.81. The van der Waals surface area contributed by atoms with Crippen molar-refractivity contribution in [3.8, 4) is 0 Å². The van der Waals surface area contributed by atoms with Crippen LogP contribution in [0.4, 0.5) is 0 Å². The van der Waals surface area contributed by atoms with Crippen LogP contribution in [0.25, 0.3) is 0 Å². The molecule has 0 spiro atoms. The number of aldehydes is 1. The maximum absolute atomic E-state index is 10.7. The Morgan fingerprint density at radius 1 is 1.53 bits per heavy atom. The number of hydrogen-bond donors (Lipinski definition) is 0. The second-order valence-corrected chi connectivity index (χ2v) is 3.38. The van der Waals surface area contributed by atoms with Crippen molar-refractivity contribution in [2.75, 3.05) is 0 Å². The van der Waals surface area contributed by atoms with Crippen LogP contribution in [0.1, 0.15) is 27.6 Å². The summed E-state index contributed by atoms with van der Waals surface area (Å²) in [7, 11) is 0. The Kier molecular flexibility index (Phi) is 2.37. The molecule has 0 amide bonds. The summed E-state index contributed by atoms with van der Waals surface area (Å²) in [5.41, 5.74) is 2.64. The van der Waals surface area contributed by atoms with E-state index in [0.29, 0.717) is 17.9 Å². The molecule has 0 aromatic carbocycles. The molecule has 2 aromatic rings. The van der Waals surface area contributed by atoms with Crippen LogP contribution in [0.5, 0.6) is 0 Å². The fourth-order valence-corrected chi connectivity index (χ4v) is 1.59. The third-order valence-corrected chi connectivity index (χ3v) is 2.45. The molecule has 0 N–H and O–H groups in total. The number of aromatic nitrogens is 3. The third-order valence-electron chi connectivity index (χ3n) is 2.45. The number of rotatable bonds is 3. The Balaban J connectivity index is 2.36. The van der Waals surface area contributed by atoms with Gasteiger partial charge in [0.2, 0.25) is 6.39 Å². The maximum Gasteiger partial charge on any atom is 0.213 e. The van der Waals surface area contributed by atoms with Gasteiger partial charge in [0.1, 0.15) is 0 Å². The van der Waals surface area contributed by atoms with E-state index in [1.54, 1.807) is 0 Å². The molecule has 0 radical (unpaired) electrons. The quantitative estimate of drug-likeness (QED) is 0.709. The Bertz CT molecular complexity index is 471. The largest absolute Gasteiger partial charge is 0.343 e. The number of hydrogen-bond acceptors (Lipinski definition) is 4. The zero-order valence-corrected chi connectivity index (χ0v) is 8.60. The molecule has 15 heavy (non-hydrogen) atoms. The van der Waals surface area contributed by atoms with Crippen molar-refractivity contribution in [2.24, 2.45) is 0 Å². The Morgan fingerprint density at radius 3 is 2.87 bits per heavy atom. The second kappa shape index (κ2) is 3.68. The standard InChI is InChI=1S/C10H11N3O2/c1-7-3-9(5-14)8(2)13(7)4-10-11-6-15-12-10/h3,5-6H,4H2,1-2H3. The lowest BCUT2D eigenvalue weighted by Gasteiger charge is -2.05. The van der Waals surface area contributed by atoms with Gasteiger partial charge in [0.05, 0.1) is 6.54 Å². The van der Waals surface area contributed by atoms with Gasteiger partial charge in [-0.2, -0.15) is 4.98 Å². The van der Waals surface area contributed by atoms with Gasteiger partial charge >= 0.3 is 0 Å². The van der Waals surface area contributed by atoms with Gasteiger partial charge in [-0.05, 0) is 19.9 Å². The van der Waals surface area contributed by atoms with E-state index in [-0.39, 0.29) is 0 Å². The van der Waals surface area contributed by atoms with Crippen LogP contribution in [0.2, 0.25) is 0 Å². The van der Waals surface area contributed by atoms with Crippen molar-refractivity contribution in [2.45, 2.75) is 20.4 Å². The van der Waals surface area contributed by atoms with Crippen molar-refractivity contribution in [1.29, 1.82) is 0 Å². The van der Waals surface area contributed by atoms with Crippen LogP contribution in [0.3, 0.4) is 0 Å². The monoisotopic (exact) mass is 205 g/mol. The van der Waals surface area contributed by atoms with E-state index < -0.39 is 0 Å². The Hall–Kier alpha value is -1.91. The zero-order valence-electron chi connectivity index (χ0n) is 8.60. The van der Waals surface area contributed by atoms with Gasteiger partial charge in [-0.25, -0.2) is 0 Å². The second-order valence-electron chi connectivity index (χ2n) is 3.38. The molecule has 0 saturated carbocycles. The predicted molar refractivity (Wildman–Crippen MR) is 52.7 cm³/mol. The minimum Gasteiger partial charge on any atom is -0.343 e. The molecule has 78 valence electrons. The van der Waals surface area contributed by atoms with Crippen LogP contribution in [0.15, 0.2) is 17.0 Å². The molecule has 2 aromatic heterocycles. The molecule has 0 saturated heterocycles. The summed E-state index contributed by atoms with van der Waals surface area (Å²) in [4.78, 5) is 14.7. The Morgan fingerprint density at radius 2 is 2.33 bits per heavy atom. The smallest absolute Gasteiger partial charge is 0.213 e. The summed E-state index contributed by atoms with van der Waals surface area (Å²) in [5, 5.41) is 3.73. The predicted octanol–water partition coefficient (Wildman–Crippen LogP) is 1.35. The molecule has 0 unspecified atom stereocenters. The third kappa shape index (κ3) is 1.68. The first kappa shape index (κ1) is 9.64. The molecule has 0 aliphatic rings. The molecule has 0 atom stereocenters. The van der Waals surface area contributed by atoms with E-state index in [0.717, 1.165) is 17.7 Å². The molecule has 5 nitrogen and oxygen atoms in total. The average molecular weight is 205 g/mol. The molecule has 0 fully saturated rings. The molecule has 0 aliphatic carbocycles. The van der Waals surface area contributed by atoms with Crippen LogP contribution >= 0.6 is 0 Å². The fraction of sp³-hybridized carbons (Fsp3) is 0.300. The lowest BCUT2D eigenvalue weighted by Crippen LogP contribution is -2.05. The topological polar surface area (TPSA) is 60.9 Å². The first-order valence-corrected chi connectivity index (χ1v) is 4.59. The van der Waals surface area contributed by atoms with Gasteiger partial charge in [0.25, 0.3) is 0 Å². The van der Waals surface area contributed by atoms with E-state index in [2.05, 4.69) is 14.7 Å². The van der Waals surface area contributed by atoms with Crippen molar-refractivity contribution in [3.63, 3.8) is 0 Å². The number of carbonyl (C=O) groups is 1. The number of carbonyl (C=O) groups excluding carboxylic acids is 1. The number of aryl methyl sites for hydroxylation is 1. The lowest BCUT2D eigenvalue weighted by atomic mass is 10.3. The van der Waals surface area contributed by atoms with E-state index in [1.807, 2.05) is 24.5 Å². The summed E-state index contributed by atoms with van der Waals surface area (Å²) in [6, 6.07) is 1.85. The minimum absolute atomic E-state index is 0.530.